The number of allylic oxidation sites excluding steroid dienone is 2. The summed E-state index contributed by atoms with van der Waals surface area (Å²) in [4.78, 5) is 42.3. The molecule has 1 aromatic carbocycles. The van der Waals surface area contributed by atoms with Crippen molar-refractivity contribution in [1.29, 1.82) is 0 Å². The second-order valence-corrected chi connectivity index (χ2v) is 4.67. The number of rotatable bonds is 3. The van der Waals surface area contributed by atoms with Crippen LogP contribution in [0.25, 0.3) is 11.6 Å². The fourth-order valence-corrected chi connectivity index (χ4v) is 2.65. The Morgan fingerprint density at radius 1 is 0.783 bits per heavy atom. The molecule has 0 N–H and O–H groups in total. The van der Waals surface area contributed by atoms with Gasteiger partial charge in [0.1, 0.15) is 0 Å². The topological polar surface area (TPSA) is 146 Å². The molecule has 0 radical (unpaired) electrons. The Morgan fingerprint density at radius 3 is 1.91 bits per heavy atom. The van der Waals surface area contributed by atoms with Crippen LogP contribution in [0.15, 0.2) is 46.9 Å². The Labute approximate surface area is 125 Å². The van der Waals surface area contributed by atoms with E-state index >= 15 is 0 Å². The Balaban J connectivity index is 2.54. The van der Waals surface area contributed by atoms with E-state index in [9.17, 15) is 35.1 Å². The minimum atomic E-state index is -1.40. The van der Waals surface area contributed by atoms with Gasteiger partial charge in [0, 0.05) is 0 Å². The lowest BCUT2D eigenvalue weighted by Gasteiger charge is -2.09. The van der Waals surface area contributed by atoms with Gasteiger partial charge in [-0.05, 0) is 16.5 Å². The van der Waals surface area contributed by atoms with Gasteiger partial charge in [-0.25, -0.2) is 0 Å². The summed E-state index contributed by atoms with van der Waals surface area (Å²) < 4.78 is 0. The zero-order valence-electron chi connectivity index (χ0n) is 11.1. The molecule has 0 aliphatic heterocycles. The Hall–Kier alpha value is -3.69. The highest BCUT2D eigenvalue weighted by Crippen LogP contribution is 2.35. The predicted octanol–water partition coefficient (Wildman–Crippen LogP) is -0.490. The highest BCUT2D eigenvalue weighted by molar-refractivity contribution is 6.31. The fourth-order valence-electron chi connectivity index (χ4n) is 2.65. The number of nitro groups is 3. The van der Waals surface area contributed by atoms with Gasteiger partial charge in [-0.15, -0.1) is 0 Å². The molecule has 3 rings (SSSR count). The monoisotopic (exact) mass is 315 g/mol. The molecule has 0 spiro atoms. The lowest BCUT2D eigenvalue weighted by molar-refractivity contribution is -0.498. The van der Waals surface area contributed by atoms with Crippen LogP contribution in [0.5, 0.6) is 0 Å². The first-order valence-electron chi connectivity index (χ1n) is 6.13. The van der Waals surface area contributed by atoms with Crippen molar-refractivity contribution in [2.45, 2.75) is 0 Å². The standard InChI is InChI=1S/C13H5N3O7/c17-13-9-7-4-2-1-3-6(7)5-8(9)10(14(18)19)11(15(20)21)12(13)16(22)23/h1-5H. The minimum Gasteiger partial charge on any atom is -0.281 e. The van der Waals surface area contributed by atoms with E-state index in [1.165, 1.54) is 12.1 Å². The van der Waals surface area contributed by atoms with Crippen molar-refractivity contribution in [3.8, 4) is 0 Å². The van der Waals surface area contributed by atoms with Gasteiger partial charge >= 0.3 is 17.1 Å². The molecule has 114 valence electrons. The van der Waals surface area contributed by atoms with Crippen LogP contribution in [0.3, 0.4) is 0 Å². The molecule has 0 atom stereocenters. The maximum Gasteiger partial charge on any atom is 0.427 e. The van der Waals surface area contributed by atoms with E-state index in [2.05, 4.69) is 0 Å². The summed E-state index contributed by atoms with van der Waals surface area (Å²) in [5, 5.41) is 34.2. The van der Waals surface area contributed by atoms with Crippen molar-refractivity contribution in [2.75, 3.05) is 0 Å². The van der Waals surface area contributed by atoms with Gasteiger partial charge in [-0.1, -0.05) is 24.3 Å². The molecule has 10 heteroatoms. The number of Topliss-reactive ketones (excluding diaryl/α,β-unsaturated/α-hetero) is 1. The number of benzene rings is 1. The minimum absolute atomic E-state index is 0.260. The predicted molar refractivity (Wildman–Crippen MR) is 73.6 cm³/mol. The number of hydrogen-bond acceptors (Lipinski definition) is 7. The van der Waals surface area contributed by atoms with Crippen molar-refractivity contribution < 1.29 is 19.6 Å². The van der Waals surface area contributed by atoms with E-state index in [1.54, 1.807) is 18.2 Å². The second kappa shape index (κ2) is 4.66. The van der Waals surface area contributed by atoms with Crippen LogP contribution >= 0.6 is 0 Å². The Bertz CT molecular complexity index is 1020. The fraction of sp³-hybridized carbons (Fsp3) is 0. The molecule has 0 bridgehead atoms. The molecular formula is C13H5N3O7. The molecule has 0 saturated carbocycles. The highest BCUT2D eigenvalue weighted by atomic mass is 16.7. The molecule has 0 aromatic heterocycles. The molecule has 0 unspecified atom stereocenters. The average Bonchev–Trinajstić information content (AvgIpc) is 2.85. The maximum absolute atomic E-state index is 12.4. The summed E-state index contributed by atoms with van der Waals surface area (Å²) in [7, 11) is 0. The smallest absolute Gasteiger partial charge is 0.281 e. The van der Waals surface area contributed by atoms with Crippen LogP contribution in [0.2, 0.25) is 0 Å². The molecule has 0 fully saturated rings. The van der Waals surface area contributed by atoms with Crippen molar-refractivity contribution >= 4 is 17.4 Å². The van der Waals surface area contributed by atoms with Gasteiger partial charge in [0.15, 0.2) is 0 Å². The summed E-state index contributed by atoms with van der Waals surface area (Å²) >= 11 is 0. The molecule has 0 heterocycles. The molecule has 0 saturated heterocycles. The third-order valence-corrected chi connectivity index (χ3v) is 3.49. The third kappa shape index (κ3) is 1.85. The van der Waals surface area contributed by atoms with Crippen LogP contribution in [0, 0.1) is 30.3 Å². The Morgan fingerprint density at radius 2 is 1.35 bits per heavy atom. The van der Waals surface area contributed by atoms with Crippen molar-refractivity contribution in [3.63, 3.8) is 0 Å². The van der Waals surface area contributed by atoms with Crippen LogP contribution in [-0.2, 0) is 4.79 Å². The second-order valence-electron chi connectivity index (χ2n) is 4.67. The molecule has 10 nitrogen and oxygen atoms in total. The van der Waals surface area contributed by atoms with Gasteiger partial charge in [0.05, 0.1) is 25.9 Å². The third-order valence-electron chi connectivity index (χ3n) is 3.49. The van der Waals surface area contributed by atoms with E-state index in [-0.39, 0.29) is 16.4 Å². The zero-order valence-corrected chi connectivity index (χ0v) is 11.1. The van der Waals surface area contributed by atoms with Crippen LogP contribution in [-0.4, -0.2) is 20.6 Å². The van der Waals surface area contributed by atoms with Gasteiger partial charge in [0.25, 0.3) is 5.78 Å². The highest BCUT2D eigenvalue weighted by Gasteiger charge is 2.53. The lowest BCUT2D eigenvalue weighted by Crippen LogP contribution is -2.31. The molecule has 2 aliphatic carbocycles. The van der Waals surface area contributed by atoms with Crippen LogP contribution in [0.4, 0.5) is 0 Å². The zero-order chi connectivity index (χ0) is 16.9. The first-order chi connectivity index (χ1) is 10.8. The molecular weight excluding hydrogens is 310 g/mol. The SMILES string of the molecule is O=C1C([N+](=O)[O-])=C([N+](=O)[O-])C([N+](=O)[O-])=C2C=c3ccccc3=C12. The summed E-state index contributed by atoms with van der Waals surface area (Å²) in [5.41, 5.74) is -4.38. The summed E-state index contributed by atoms with van der Waals surface area (Å²) in [6.07, 6.45) is 1.25. The average molecular weight is 315 g/mol. The lowest BCUT2D eigenvalue weighted by atomic mass is 9.92. The van der Waals surface area contributed by atoms with E-state index in [0.29, 0.717) is 5.22 Å². The number of carbonyl (C=O) groups excluding carboxylic acids is 1. The summed E-state index contributed by atoms with van der Waals surface area (Å²) in [5.74, 6) is -1.21. The first kappa shape index (κ1) is 14.3. The Kier molecular flexibility index (Phi) is 2.89. The van der Waals surface area contributed by atoms with Crippen molar-refractivity contribution in [2.24, 2.45) is 0 Å². The van der Waals surface area contributed by atoms with Crippen LogP contribution < -0.4 is 10.4 Å². The molecule has 1 aromatic rings. The number of carbonyl (C=O) groups is 1. The van der Waals surface area contributed by atoms with Gasteiger partial charge in [-0.3, -0.25) is 35.1 Å². The van der Waals surface area contributed by atoms with Crippen molar-refractivity contribution in [1.82, 2.24) is 0 Å². The van der Waals surface area contributed by atoms with Gasteiger partial charge < -0.3 is 0 Å². The van der Waals surface area contributed by atoms with Crippen LogP contribution in [0.1, 0.15) is 0 Å². The molecule has 0 amide bonds. The maximum atomic E-state index is 12.4. The van der Waals surface area contributed by atoms with E-state index < -0.39 is 37.6 Å². The quantitative estimate of drug-likeness (QED) is 0.540. The molecule has 23 heavy (non-hydrogen) atoms. The van der Waals surface area contributed by atoms with E-state index in [0.717, 1.165) is 0 Å². The number of ketones is 1. The van der Waals surface area contributed by atoms with Crippen molar-refractivity contribution in [3.05, 3.63) is 87.7 Å². The summed E-state index contributed by atoms with van der Waals surface area (Å²) in [6.45, 7) is 0. The first-order valence-corrected chi connectivity index (χ1v) is 6.13. The van der Waals surface area contributed by atoms with Gasteiger partial charge in [0.2, 0.25) is 0 Å². The largest absolute Gasteiger partial charge is 0.427 e. The number of nitrogens with zero attached hydrogens (tertiary/aromatic N) is 3. The summed E-state index contributed by atoms with van der Waals surface area (Å²) in [6, 6.07) is 6.19. The number of fused-ring (bicyclic) bond motifs is 2. The number of hydrogen-bond donors (Lipinski definition) is 0. The van der Waals surface area contributed by atoms with E-state index in [4.69, 9.17) is 0 Å². The van der Waals surface area contributed by atoms with E-state index in [1.807, 2.05) is 0 Å². The normalized spacial score (nSPS) is 16.0. The molecule has 2 aliphatic rings. The van der Waals surface area contributed by atoms with Gasteiger partial charge in [-0.2, -0.15) is 0 Å².